The summed E-state index contributed by atoms with van der Waals surface area (Å²) in [5.74, 6) is 0.145. The maximum atomic E-state index is 12.0. The van der Waals surface area contributed by atoms with Gasteiger partial charge in [-0.3, -0.25) is 4.79 Å². The molecular formula is C12H11BrN2O2S. The molecule has 18 heavy (non-hydrogen) atoms. The van der Waals surface area contributed by atoms with Crippen LogP contribution in [0.2, 0.25) is 0 Å². The maximum absolute atomic E-state index is 12.0. The summed E-state index contributed by atoms with van der Waals surface area (Å²) in [6.07, 6.45) is 1.59. The highest BCUT2D eigenvalue weighted by atomic mass is 79.9. The number of hydrogen-bond donors (Lipinski definition) is 1. The molecule has 0 unspecified atom stereocenters. The minimum atomic E-state index is -0.190. The zero-order valence-corrected chi connectivity index (χ0v) is 12.0. The number of nitrogens with one attached hydrogen (secondary N) is 1. The first-order chi connectivity index (χ1) is 8.70. The third kappa shape index (κ3) is 3.08. The standard InChI is InChI=1S/C12H11BrN2O2S/c1-17-12-10(3-2-4-14-12)11(16)15-6-9-5-8(13)7-18-9/h2-5,7H,6H2,1H3,(H,15,16). The first kappa shape index (κ1) is 13.0. The van der Waals surface area contributed by atoms with Crippen LogP contribution in [0.15, 0.2) is 34.2 Å². The van der Waals surface area contributed by atoms with Crippen molar-refractivity contribution >= 4 is 33.2 Å². The fraction of sp³-hybridized carbons (Fsp3) is 0.167. The Hall–Kier alpha value is -1.40. The van der Waals surface area contributed by atoms with Gasteiger partial charge in [0, 0.05) is 20.9 Å². The van der Waals surface area contributed by atoms with Gasteiger partial charge in [-0.15, -0.1) is 11.3 Å². The number of amides is 1. The second-order valence-corrected chi connectivity index (χ2v) is 5.39. The minimum Gasteiger partial charge on any atom is -0.480 e. The van der Waals surface area contributed by atoms with Crippen molar-refractivity contribution in [3.63, 3.8) is 0 Å². The summed E-state index contributed by atoms with van der Waals surface area (Å²) >= 11 is 4.96. The molecule has 1 N–H and O–H groups in total. The van der Waals surface area contributed by atoms with Crippen LogP contribution in [0.1, 0.15) is 15.2 Å². The van der Waals surface area contributed by atoms with Gasteiger partial charge in [0.1, 0.15) is 5.56 Å². The van der Waals surface area contributed by atoms with Crippen LogP contribution in [0.25, 0.3) is 0 Å². The Morgan fingerprint density at radius 2 is 2.44 bits per heavy atom. The number of halogens is 1. The van der Waals surface area contributed by atoms with Crippen LogP contribution in [0.4, 0.5) is 0 Å². The van der Waals surface area contributed by atoms with Crippen molar-refractivity contribution in [2.45, 2.75) is 6.54 Å². The molecule has 0 aromatic carbocycles. The number of carbonyl (C=O) groups is 1. The predicted molar refractivity (Wildman–Crippen MR) is 74.0 cm³/mol. The van der Waals surface area contributed by atoms with E-state index in [1.54, 1.807) is 29.7 Å². The van der Waals surface area contributed by atoms with E-state index < -0.39 is 0 Å². The minimum absolute atomic E-state index is 0.190. The van der Waals surface area contributed by atoms with Gasteiger partial charge in [-0.05, 0) is 34.1 Å². The molecule has 0 atom stereocenters. The van der Waals surface area contributed by atoms with E-state index in [4.69, 9.17) is 4.74 Å². The Bertz CT molecular complexity index is 557. The molecular weight excluding hydrogens is 316 g/mol. The zero-order valence-electron chi connectivity index (χ0n) is 9.64. The molecule has 0 bridgehead atoms. The van der Waals surface area contributed by atoms with Crippen LogP contribution in [-0.4, -0.2) is 18.0 Å². The Morgan fingerprint density at radius 1 is 1.61 bits per heavy atom. The molecule has 0 saturated heterocycles. The molecule has 0 fully saturated rings. The van der Waals surface area contributed by atoms with Crippen LogP contribution >= 0.6 is 27.3 Å². The highest BCUT2D eigenvalue weighted by Gasteiger charge is 2.12. The van der Waals surface area contributed by atoms with Crippen molar-refractivity contribution < 1.29 is 9.53 Å². The summed E-state index contributed by atoms with van der Waals surface area (Å²) in [5.41, 5.74) is 0.440. The van der Waals surface area contributed by atoms with Gasteiger partial charge in [-0.1, -0.05) is 0 Å². The number of thiophene rings is 1. The second kappa shape index (κ2) is 5.97. The summed E-state index contributed by atoms with van der Waals surface area (Å²) in [6, 6.07) is 5.37. The molecule has 4 nitrogen and oxygen atoms in total. The van der Waals surface area contributed by atoms with E-state index in [1.807, 2.05) is 11.4 Å². The van der Waals surface area contributed by atoms with Crippen molar-refractivity contribution in [1.82, 2.24) is 10.3 Å². The Labute approximate surface area is 117 Å². The fourth-order valence-electron chi connectivity index (χ4n) is 1.44. The lowest BCUT2D eigenvalue weighted by atomic mass is 10.2. The predicted octanol–water partition coefficient (Wildman–Crippen LogP) is 2.84. The first-order valence-electron chi connectivity index (χ1n) is 5.21. The van der Waals surface area contributed by atoms with Gasteiger partial charge in [-0.2, -0.15) is 0 Å². The third-order valence-corrected chi connectivity index (χ3v) is 3.95. The van der Waals surface area contributed by atoms with E-state index in [2.05, 4.69) is 26.2 Å². The number of nitrogens with zero attached hydrogens (tertiary/aromatic N) is 1. The average molecular weight is 327 g/mol. The fourth-order valence-corrected chi connectivity index (χ4v) is 2.83. The molecule has 0 spiro atoms. The summed E-state index contributed by atoms with van der Waals surface area (Å²) in [6.45, 7) is 0.493. The van der Waals surface area contributed by atoms with Crippen LogP contribution in [0.5, 0.6) is 5.88 Å². The van der Waals surface area contributed by atoms with Gasteiger partial charge in [-0.25, -0.2) is 4.98 Å². The largest absolute Gasteiger partial charge is 0.480 e. The summed E-state index contributed by atoms with van der Waals surface area (Å²) in [7, 11) is 1.50. The van der Waals surface area contributed by atoms with E-state index >= 15 is 0 Å². The molecule has 0 aliphatic carbocycles. The van der Waals surface area contributed by atoms with Gasteiger partial charge in [0.05, 0.1) is 13.7 Å². The second-order valence-electron chi connectivity index (χ2n) is 3.47. The topological polar surface area (TPSA) is 51.2 Å². The monoisotopic (exact) mass is 326 g/mol. The highest BCUT2D eigenvalue weighted by molar-refractivity contribution is 9.10. The molecule has 2 heterocycles. The van der Waals surface area contributed by atoms with E-state index in [0.717, 1.165) is 9.35 Å². The van der Waals surface area contributed by atoms with Crippen molar-refractivity contribution in [1.29, 1.82) is 0 Å². The van der Waals surface area contributed by atoms with E-state index in [1.165, 1.54) is 7.11 Å². The molecule has 0 radical (unpaired) electrons. The van der Waals surface area contributed by atoms with E-state index in [0.29, 0.717) is 18.0 Å². The van der Waals surface area contributed by atoms with Crippen LogP contribution in [-0.2, 0) is 6.54 Å². The summed E-state index contributed by atoms with van der Waals surface area (Å²) in [5, 5.41) is 4.81. The quantitative estimate of drug-likeness (QED) is 0.939. The van der Waals surface area contributed by atoms with Crippen LogP contribution in [0, 0.1) is 0 Å². The van der Waals surface area contributed by atoms with Gasteiger partial charge in [0.15, 0.2) is 0 Å². The van der Waals surface area contributed by atoms with Crippen molar-refractivity contribution in [3.05, 3.63) is 44.7 Å². The number of hydrogen-bond acceptors (Lipinski definition) is 4. The van der Waals surface area contributed by atoms with Crippen molar-refractivity contribution in [2.24, 2.45) is 0 Å². The summed E-state index contributed by atoms with van der Waals surface area (Å²) in [4.78, 5) is 17.0. The normalized spacial score (nSPS) is 10.1. The Morgan fingerprint density at radius 3 is 3.11 bits per heavy atom. The molecule has 1 amide bonds. The van der Waals surface area contributed by atoms with Gasteiger partial charge < -0.3 is 10.1 Å². The first-order valence-corrected chi connectivity index (χ1v) is 6.88. The number of pyridine rings is 1. The lowest BCUT2D eigenvalue weighted by Gasteiger charge is -2.07. The molecule has 94 valence electrons. The van der Waals surface area contributed by atoms with Crippen molar-refractivity contribution in [2.75, 3.05) is 7.11 Å². The van der Waals surface area contributed by atoms with Gasteiger partial charge in [0.25, 0.3) is 5.91 Å². The maximum Gasteiger partial charge on any atom is 0.257 e. The molecule has 0 saturated carbocycles. The van der Waals surface area contributed by atoms with Crippen LogP contribution < -0.4 is 10.1 Å². The number of rotatable bonds is 4. The highest BCUT2D eigenvalue weighted by Crippen LogP contribution is 2.20. The van der Waals surface area contributed by atoms with Crippen molar-refractivity contribution in [3.8, 4) is 5.88 Å². The number of ether oxygens (including phenoxy) is 1. The number of carbonyl (C=O) groups excluding carboxylic acids is 1. The van der Waals surface area contributed by atoms with E-state index in [-0.39, 0.29) is 5.91 Å². The molecule has 2 aromatic heterocycles. The van der Waals surface area contributed by atoms with Crippen LogP contribution in [0.3, 0.4) is 0 Å². The molecule has 2 aromatic rings. The molecule has 0 aliphatic rings. The number of methoxy groups -OCH3 is 1. The SMILES string of the molecule is COc1ncccc1C(=O)NCc1cc(Br)cs1. The molecule has 6 heteroatoms. The lowest BCUT2D eigenvalue weighted by Crippen LogP contribution is -2.23. The number of aromatic nitrogens is 1. The van der Waals surface area contributed by atoms with E-state index in [9.17, 15) is 4.79 Å². The Kier molecular flexibility index (Phi) is 4.33. The van der Waals surface area contributed by atoms with Gasteiger partial charge in [0.2, 0.25) is 5.88 Å². The molecule has 2 rings (SSSR count). The average Bonchev–Trinajstić information content (AvgIpc) is 2.81. The Balaban J connectivity index is 2.03. The lowest BCUT2D eigenvalue weighted by molar-refractivity contribution is 0.0947. The zero-order chi connectivity index (χ0) is 13.0. The smallest absolute Gasteiger partial charge is 0.257 e. The molecule has 0 aliphatic heterocycles. The summed E-state index contributed by atoms with van der Waals surface area (Å²) < 4.78 is 6.07. The van der Waals surface area contributed by atoms with Gasteiger partial charge >= 0.3 is 0 Å². The third-order valence-electron chi connectivity index (χ3n) is 2.25.